The topological polar surface area (TPSA) is 86.5 Å². The van der Waals surface area contributed by atoms with Crippen molar-refractivity contribution in [3.8, 4) is 11.5 Å². The highest BCUT2D eigenvalue weighted by atomic mass is 19.2. The molecule has 0 aliphatic rings. The summed E-state index contributed by atoms with van der Waals surface area (Å²) >= 11 is 0. The van der Waals surface area contributed by atoms with Gasteiger partial charge in [0.15, 0.2) is 23.3 Å². The predicted molar refractivity (Wildman–Crippen MR) is 109 cm³/mol. The van der Waals surface area contributed by atoms with Gasteiger partial charge in [-0.15, -0.1) is 0 Å². The fourth-order valence-corrected chi connectivity index (χ4v) is 3.40. The summed E-state index contributed by atoms with van der Waals surface area (Å²) in [7, 11) is 0. The molecule has 1 amide bonds. The molecule has 0 aliphatic carbocycles. The largest absolute Gasteiger partial charge is 0.348 e. The normalized spacial score (nSPS) is 11.3. The number of nitrogens with one attached hydrogen (secondary N) is 3. The van der Waals surface area contributed by atoms with Crippen LogP contribution in [0.4, 0.5) is 13.2 Å². The summed E-state index contributed by atoms with van der Waals surface area (Å²) in [6.45, 7) is -0.154. The molecule has 0 bridgehead atoms. The first-order valence-electron chi connectivity index (χ1n) is 9.34. The molecule has 0 spiro atoms. The number of rotatable bonds is 4. The van der Waals surface area contributed by atoms with E-state index in [2.05, 4.69) is 25.5 Å². The number of halogens is 3. The second-order valence-corrected chi connectivity index (χ2v) is 6.99. The number of H-pyrrole nitrogens is 2. The predicted octanol–water partition coefficient (Wildman–Crippen LogP) is 4.45. The molecule has 5 aromatic rings. The van der Waals surface area contributed by atoms with Crippen molar-refractivity contribution in [2.24, 2.45) is 0 Å². The van der Waals surface area contributed by atoms with Crippen LogP contribution in [-0.2, 0) is 6.54 Å². The van der Waals surface area contributed by atoms with E-state index in [-0.39, 0.29) is 12.1 Å². The molecule has 2 heterocycles. The molecule has 6 nitrogen and oxygen atoms in total. The van der Waals surface area contributed by atoms with E-state index in [4.69, 9.17) is 0 Å². The molecule has 0 radical (unpaired) electrons. The molecular formula is C22H14F3N5O. The van der Waals surface area contributed by atoms with Gasteiger partial charge in [-0.2, -0.15) is 5.10 Å². The SMILES string of the molecule is O=C(NCc1cc(F)c(F)c(F)c1)c1ccc2nc(-c3n[nH]c4ccccc34)[nH]c2c1. The van der Waals surface area contributed by atoms with Crippen molar-refractivity contribution in [3.05, 3.63) is 83.2 Å². The number of para-hydroxylation sites is 1. The molecular weight excluding hydrogens is 407 g/mol. The Balaban J connectivity index is 1.39. The second kappa shape index (κ2) is 7.28. The number of imidazole rings is 1. The summed E-state index contributed by atoms with van der Waals surface area (Å²) < 4.78 is 39.7. The summed E-state index contributed by atoms with van der Waals surface area (Å²) in [5, 5.41) is 10.8. The molecule has 0 atom stereocenters. The van der Waals surface area contributed by atoms with Crippen molar-refractivity contribution < 1.29 is 18.0 Å². The fraction of sp³-hybridized carbons (Fsp3) is 0.0455. The zero-order chi connectivity index (χ0) is 21.5. The maximum absolute atomic E-state index is 13.3. The highest BCUT2D eigenvalue weighted by molar-refractivity contribution is 5.98. The van der Waals surface area contributed by atoms with Crippen LogP contribution in [0.1, 0.15) is 15.9 Å². The average Bonchev–Trinajstić information content (AvgIpc) is 3.38. The van der Waals surface area contributed by atoms with E-state index in [1.807, 2.05) is 24.3 Å². The molecule has 5 rings (SSSR count). The fourth-order valence-electron chi connectivity index (χ4n) is 3.40. The third-order valence-corrected chi connectivity index (χ3v) is 4.94. The number of hydrogen-bond acceptors (Lipinski definition) is 3. The first kappa shape index (κ1) is 18.9. The van der Waals surface area contributed by atoms with Crippen LogP contribution in [0.25, 0.3) is 33.5 Å². The van der Waals surface area contributed by atoms with Gasteiger partial charge >= 0.3 is 0 Å². The molecule has 0 unspecified atom stereocenters. The molecule has 2 aromatic heterocycles. The van der Waals surface area contributed by atoms with Crippen LogP contribution in [0.3, 0.4) is 0 Å². The van der Waals surface area contributed by atoms with Gasteiger partial charge in [0.2, 0.25) is 0 Å². The monoisotopic (exact) mass is 421 g/mol. The van der Waals surface area contributed by atoms with Crippen LogP contribution in [0.2, 0.25) is 0 Å². The van der Waals surface area contributed by atoms with Crippen molar-refractivity contribution in [2.75, 3.05) is 0 Å². The van der Waals surface area contributed by atoms with Crippen LogP contribution < -0.4 is 5.32 Å². The van der Waals surface area contributed by atoms with Crippen LogP contribution in [0, 0.1) is 17.5 Å². The van der Waals surface area contributed by atoms with Gasteiger partial charge < -0.3 is 10.3 Å². The Kier molecular flexibility index (Phi) is 4.43. The van der Waals surface area contributed by atoms with E-state index in [1.54, 1.807) is 18.2 Å². The molecule has 3 aromatic carbocycles. The lowest BCUT2D eigenvalue weighted by molar-refractivity contribution is 0.0951. The smallest absolute Gasteiger partial charge is 0.251 e. The van der Waals surface area contributed by atoms with E-state index in [0.717, 1.165) is 23.0 Å². The molecule has 31 heavy (non-hydrogen) atoms. The maximum Gasteiger partial charge on any atom is 0.251 e. The summed E-state index contributed by atoms with van der Waals surface area (Å²) in [6.07, 6.45) is 0. The maximum atomic E-state index is 13.3. The van der Waals surface area contributed by atoms with Crippen LogP contribution >= 0.6 is 0 Å². The summed E-state index contributed by atoms with van der Waals surface area (Å²) in [5.74, 6) is -4.04. The summed E-state index contributed by atoms with van der Waals surface area (Å²) in [6, 6.07) is 14.3. The third-order valence-electron chi connectivity index (χ3n) is 4.94. The Bertz CT molecular complexity index is 1430. The number of nitrogens with zero attached hydrogens (tertiary/aromatic N) is 2. The van der Waals surface area contributed by atoms with Gasteiger partial charge in [0.05, 0.1) is 16.6 Å². The van der Waals surface area contributed by atoms with Crippen molar-refractivity contribution in [1.82, 2.24) is 25.5 Å². The van der Waals surface area contributed by atoms with Crippen LogP contribution in [-0.4, -0.2) is 26.1 Å². The molecule has 0 saturated heterocycles. The summed E-state index contributed by atoms with van der Waals surface area (Å²) in [5.41, 5.74) is 3.28. The average molecular weight is 421 g/mol. The molecule has 0 aliphatic heterocycles. The number of aromatic amines is 2. The molecule has 3 N–H and O–H groups in total. The lowest BCUT2D eigenvalue weighted by Crippen LogP contribution is -2.23. The molecule has 0 fully saturated rings. The Hall–Kier alpha value is -4.14. The first-order chi connectivity index (χ1) is 15.0. The van der Waals surface area contributed by atoms with Gasteiger partial charge in [0, 0.05) is 17.5 Å². The van der Waals surface area contributed by atoms with Crippen molar-refractivity contribution in [1.29, 1.82) is 0 Å². The van der Waals surface area contributed by atoms with E-state index < -0.39 is 23.4 Å². The van der Waals surface area contributed by atoms with Gasteiger partial charge in [0.1, 0.15) is 5.69 Å². The third kappa shape index (κ3) is 3.39. The lowest BCUT2D eigenvalue weighted by atomic mass is 10.1. The first-order valence-corrected chi connectivity index (χ1v) is 9.34. The molecule has 154 valence electrons. The lowest BCUT2D eigenvalue weighted by Gasteiger charge is -2.06. The Morgan fingerprint density at radius 2 is 1.74 bits per heavy atom. The zero-order valence-electron chi connectivity index (χ0n) is 15.8. The number of amides is 1. The number of carbonyl (C=O) groups excluding carboxylic acids is 1. The second-order valence-electron chi connectivity index (χ2n) is 6.99. The number of carbonyl (C=O) groups is 1. The minimum atomic E-state index is -1.54. The van der Waals surface area contributed by atoms with Gasteiger partial charge in [-0.1, -0.05) is 18.2 Å². The number of hydrogen-bond donors (Lipinski definition) is 3. The Labute approximate surface area is 173 Å². The van der Waals surface area contributed by atoms with E-state index in [9.17, 15) is 18.0 Å². The highest BCUT2D eigenvalue weighted by Crippen LogP contribution is 2.26. The van der Waals surface area contributed by atoms with Gasteiger partial charge in [0.25, 0.3) is 5.91 Å². The van der Waals surface area contributed by atoms with E-state index in [1.165, 1.54) is 0 Å². The van der Waals surface area contributed by atoms with Gasteiger partial charge in [-0.05, 0) is 42.0 Å². The minimum absolute atomic E-state index is 0.111. The van der Waals surface area contributed by atoms with E-state index in [0.29, 0.717) is 28.1 Å². The zero-order valence-corrected chi connectivity index (χ0v) is 15.8. The Morgan fingerprint density at radius 3 is 2.55 bits per heavy atom. The molecule has 9 heteroatoms. The number of fused-ring (bicyclic) bond motifs is 2. The Morgan fingerprint density at radius 1 is 0.968 bits per heavy atom. The molecule has 0 saturated carbocycles. The van der Waals surface area contributed by atoms with Crippen LogP contribution in [0.15, 0.2) is 54.6 Å². The van der Waals surface area contributed by atoms with Gasteiger partial charge in [-0.3, -0.25) is 9.89 Å². The highest BCUT2D eigenvalue weighted by Gasteiger charge is 2.15. The standard InChI is InChI=1S/C22H14F3N5O/c23-14-7-11(8-15(24)19(14)25)10-26-22(31)12-5-6-17-18(9-12)28-21(27-17)20-13-3-1-2-4-16(13)29-30-20/h1-9H,10H2,(H,26,31)(H,27,28)(H,29,30). The van der Waals surface area contributed by atoms with Gasteiger partial charge in [-0.25, -0.2) is 18.2 Å². The van der Waals surface area contributed by atoms with Crippen molar-refractivity contribution in [3.63, 3.8) is 0 Å². The number of aromatic nitrogens is 4. The van der Waals surface area contributed by atoms with Crippen LogP contribution in [0.5, 0.6) is 0 Å². The summed E-state index contributed by atoms with van der Waals surface area (Å²) in [4.78, 5) is 20.2. The van der Waals surface area contributed by atoms with Crippen molar-refractivity contribution >= 4 is 27.8 Å². The van der Waals surface area contributed by atoms with E-state index >= 15 is 0 Å². The quantitative estimate of drug-likeness (QED) is 0.375. The van der Waals surface area contributed by atoms with Crippen molar-refractivity contribution in [2.45, 2.75) is 6.54 Å². The number of benzene rings is 3. The minimum Gasteiger partial charge on any atom is -0.348 e.